The largest absolute Gasteiger partial charge is 0.393 e. The molecule has 0 aliphatic carbocycles. The molecule has 1 aliphatic rings. The molecule has 1 aromatic rings. The second-order valence-electron chi connectivity index (χ2n) is 7.66. The fourth-order valence-corrected chi connectivity index (χ4v) is 3.24. The topological polar surface area (TPSA) is 59.9 Å². The molecule has 0 bridgehead atoms. The number of rotatable bonds is 8. The number of benzene rings is 1. The van der Waals surface area contributed by atoms with E-state index in [-0.39, 0.29) is 11.9 Å². The molecule has 1 fully saturated rings. The fraction of sp³-hybridized carbons (Fsp3) is 0.667. The Morgan fingerprint density at radius 1 is 1.30 bits per heavy atom. The first kappa shape index (κ1) is 21.5. The SMILES string of the molecule is CCNC(=NCc1ccc(N2CCC(O)CC2)c(F)c1)NCCCC(C)C. The normalized spacial score (nSPS) is 16.1. The van der Waals surface area contributed by atoms with E-state index in [1.807, 2.05) is 24.0 Å². The van der Waals surface area contributed by atoms with E-state index in [4.69, 9.17) is 0 Å². The lowest BCUT2D eigenvalue weighted by molar-refractivity contribution is 0.145. The summed E-state index contributed by atoms with van der Waals surface area (Å²) >= 11 is 0. The second kappa shape index (κ2) is 11.1. The second-order valence-corrected chi connectivity index (χ2v) is 7.66. The number of nitrogens with one attached hydrogen (secondary N) is 2. The van der Waals surface area contributed by atoms with E-state index in [0.717, 1.165) is 31.0 Å². The molecule has 0 radical (unpaired) electrons. The monoisotopic (exact) mass is 378 g/mol. The number of hydrogen-bond acceptors (Lipinski definition) is 3. The van der Waals surface area contributed by atoms with Crippen LogP contribution in [0.15, 0.2) is 23.2 Å². The zero-order valence-corrected chi connectivity index (χ0v) is 17.0. The maximum atomic E-state index is 14.5. The number of piperidine rings is 1. The Balaban J connectivity index is 1.92. The van der Waals surface area contributed by atoms with E-state index in [1.54, 1.807) is 6.07 Å². The van der Waals surface area contributed by atoms with Gasteiger partial charge in [0, 0.05) is 26.2 Å². The van der Waals surface area contributed by atoms with Crippen molar-refractivity contribution in [3.8, 4) is 0 Å². The predicted octanol–water partition coefficient (Wildman–Crippen LogP) is 3.28. The van der Waals surface area contributed by atoms with Crippen molar-refractivity contribution in [2.45, 2.75) is 59.1 Å². The molecule has 0 unspecified atom stereocenters. The van der Waals surface area contributed by atoms with Crippen LogP contribution in [-0.4, -0.2) is 43.3 Å². The van der Waals surface area contributed by atoms with Gasteiger partial charge < -0.3 is 20.6 Å². The summed E-state index contributed by atoms with van der Waals surface area (Å²) in [5.41, 5.74) is 1.47. The lowest BCUT2D eigenvalue weighted by Crippen LogP contribution is -2.37. The van der Waals surface area contributed by atoms with Gasteiger partial charge in [0.15, 0.2) is 5.96 Å². The van der Waals surface area contributed by atoms with Crippen LogP contribution in [0.3, 0.4) is 0 Å². The highest BCUT2D eigenvalue weighted by atomic mass is 19.1. The zero-order valence-electron chi connectivity index (χ0n) is 17.0. The molecule has 0 saturated carbocycles. The minimum Gasteiger partial charge on any atom is -0.393 e. The van der Waals surface area contributed by atoms with Gasteiger partial charge in [-0.2, -0.15) is 0 Å². The lowest BCUT2D eigenvalue weighted by Gasteiger charge is -2.31. The van der Waals surface area contributed by atoms with Gasteiger partial charge >= 0.3 is 0 Å². The smallest absolute Gasteiger partial charge is 0.191 e. The van der Waals surface area contributed by atoms with E-state index >= 15 is 0 Å². The molecule has 5 nitrogen and oxygen atoms in total. The van der Waals surface area contributed by atoms with E-state index < -0.39 is 0 Å². The fourth-order valence-electron chi connectivity index (χ4n) is 3.24. The van der Waals surface area contributed by atoms with Crippen molar-refractivity contribution in [1.82, 2.24) is 10.6 Å². The molecule has 0 amide bonds. The number of aliphatic hydroxyl groups is 1. The van der Waals surface area contributed by atoms with Crippen molar-refractivity contribution in [3.63, 3.8) is 0 Å². The molecule has 1 saturated heterocycles. The van der Waals surface area contributed by atoms with Crippen LogP contribution < -0.4 is 15.5 Å². The molecular formula is C21H35FN4O. The number of anilines is 1. The number of nitrogens with zero attached hydrogens (tertiary/aromatic N) is 2. The number of halogens is 1. The Morgan fingerprint density at radius 3 is 2.67 bits per heavy atom. The molecule has 1 heterocycles. The van der Waals surface area contributed by atoms with E-state index in [2.05, 4.69) is 29.5 Å². The lowest BCUT2D eigenvalue weighted by atomic mass is 10.1. The van der Waals surface area contributed by atoms with E-state index in [0.29, 0.717) is 44.1 Å². The summed E-state index contributed by atoms with van der Waals surface area (Å²) in [7, 11) is 0. The maximum Gasteiger partial charge on any atom is 0.191 e. The first-order chi connectivity index (χ1) is 13.0. The summed E-state index contributed by atoms with van der Waals surface area (Å²) in [6.07, 6.45) is 3.43. The van der Waals surface area contributed by atoms with Crippen molar-refractivity contribution in [2.75, 3.05) is 31.1 Å². The van der Waals surface area contributed by atoms with Gasteiger partial charge in [-0.05, 0) is 56.2 Å². The summed E-state index contributed by atoms with van der Waals surface area (Å²) in [6.45, 7) is 10.0. The van der Waals surface area contributed by atoms with Crippen LogP contribution in [0, 0.1) is 11.7 Å². The molecule has 3 N–H and O–H groups in total. The molecule has 6 heteroatoms. The summed E-state index contributed by atoms with van der Waals surface area (Å²) in [4.78, 5) is 6.58. The molecular weight excluding hydrogens is 343 g/mol. The minimum atomic E-state index is -0.254. The van der Waals surface area contributed by atoms with Crippen LogP contribution in [0.1, 0.15) is 52.0 Å². The highest BCUT2D eigenvalue weighted by Crippen LogP contribution is 2.24. The van der Waals surface area contributed by atoms with Gasteiger partial charge in [-0.15, -0.1) is 0 Å². The number of guanidine groups is 1. The highest BCUT2D eigenvalue weighted by Gasteiger charge is 2.19. The van der Waals surface area contributed by atoms with E-state index in [9.17, 15) is 9.50 Å². The first-order valence-electron chi connectivity index (χ1n) is 10.2. The third-order valence-electron chi connectivity index (χ3n) is 4.83. The predicted molar refractivity (Wildman–Crippen MR) is 111 cm³/mol. The quantitative estimate of drug-likeness (QED) is 0.369. The summed E-state index contributed by atoms with van der Waals surface area (Å²) < 4.78 is 14.5. The van der Waals surface area contributed by atoms with Crippen LogP contribution in [-0.2, 0) is 6.54 Å². The maximum absolute atomic E-state index is 14.5. The van der Waals surface area contributed by atoms with Crippen LogP contribution in [0.25, 0.3) is 0 Å². The van der Waals surface area contributed by atoms with Crippen LogP contribution in [0.2, 0.25) is 0 Å². The van der Waals surface area contributed by atoms with Crippen molar-refractivity contribution in [2.24, 2.45) is 10.9 Å². The Labute approximate surface area is 163 Å². The van der Waals surface area contributed by atoms with Crippen LogP contribution in [0.5, 0.6) is 0 Å². The van der Waals surface area contributed by atoms with Crippen molar-refractivity contribution in [3.05, 3.63) is 29.6 Å². The van der Waals surface area contributed by atoms with Gasteiger partial charge in [-0.25, -0.2) is 9.38 Å². The van der Waals surface area contributed by atoms with Gasteiger partial charge in [-0.1, -0.05) is 19.9 Å². The van der Waals surface area contributed by atoms with Gasteiger partial charge in [-0.3, -0.25) is 0 Å². The Kier molecular flexibility index (Phi) is 8.85. The third-order valence-corrected chi connectivity index (χ3v) is 4.83. The average Bonchev–Trinajstić information content (AvgIpc) is 2.64. The summed E-state index contributed by atoms with van der Waals surface area (Å²) in [5.74, 6) is 1.26. The summed E-state index contributed by atoms with van der Waals surface area (Å²) in [6, 6.07) is 5.35. The van der Waals surface area contributed by atoms with Gasteiger partial charge in [0.05, 0.1) is 18.3 Å². The number of hydrogen-bond donors (Lipinski definition) is 3. The molecule has 152 valence electrons. The van der Waals surface area contributed by atoms with Gasteiger partial charge in [0.1, 0.15) is 5.82 Å². The van der Waals surface area contributed by atoms with Crippen molar-refractivity contribution < 1.29 is 9.50 Å². The zero-order chi connectivity index (χ0) is 19.6. The summed E-state index contributed by atoms with van der Waals surface area (Å²) in [5, 5.41) is 16.2. The van der Waals surface area contributed by atoms with Crippen LogP contribution in [0.4, 0.5) is 10.1 Å². The standard InChI is InChI=1S/C21H35FN4O/c1-4-23-21(24-11-5-6-16(2)3)25-15-17-7-8-20(19(22)14-17)26-12-9-18(27)10-13-26/h7-8,14,16,18,27H,4-6,9-13,15H2,1-3H3,(H2,23,24,25). The molecule has 1 aliphatic heterocycles. The van der Waals surface area contributed by atoms with Crippen LogP contribution >= 0.6 is 0 Å². The molecule has 2 rings (SSSR count). The molecule has 1 aromatic carbocycles. The Bertz CT molecular complexity index is 598. The molecule has 0 atom stereocenters. The Hall–Kier alpha value is -1.82. The Morgan fingerprint density at radius 2 is 2.04 bits per heavy atom. The molecule has 0 spiro atoms. The molecule has 0 aromatic heterocycles. The minimum absolute atomic E-state index is 0.214. The van der Waals surface area contributed by atoms with Gasteiger partial charge in [0.2, 0.25) is 0 Å². The average molecular weight is 379 g/mol. The van der Waals surface area contributed by atoms with Crippen molar-refractivity contribution in [1.29, 1.82) is 0 Å². The van der Waals surface area contributed by atoms with Gasteiger partial charge in [0.25, 0.3) is 0 Å². The number of aliphatic hydroxyl groups excluding tert-OH is 1. The molecule has 27 heavy (non-hydrogen) atoms. The number of aliphatic imine (C=N–C) groups is 1. The third kappa shape index (κ3) is 7.37. The van der Waals surface area contributed by atoms with E-state index in [1.165, 1.54) is 6.42 Å². The first-order valence-corrected chi connectivity index (χ1v) is 10.2. The van der Waals surface area contributed by atoms with Crippen molar-refractivity contribution >= 4 is 11.6 Å². The highest BCUT2D eigenvalue weighted by molar-refractivity contribution is 5.79.